The number of fused-ring (bicyclic) bond motifs is 1. The molecular formula is C23H33N7O6. The Balaban J connectivity index is 2.08. The van der Waals surface area contributed by atoms with Gasteiger partial charge in [0, 0.05) is 23.5 Å². The molecule has 2 aromatic rings. The number of hydrogen-bond acceptors (Lipinski definition) is 7. The average molecular weight is 504 g/mol. The lowest BCUT2D eigenvalue weighted by Gasteiger charge is -2.21. The molecule has 0 bridgehead atoms. The molecule has 0 spiro atoms. The molecule has 13 heteroatoms. The number of nitrogens with one attached hydrogen (secondary N) is 4. The summed E-state index contributed by atoms with van der Waals surface area (Å²) in [5, 5.41) is 17.4. The summed E-state index contributed by atoms with van der Waals surface area (Å²) in [5.41, 5.74) is 17.8. The van der Waals surface area contributed by atoms with Crippen LogP contribution in [-0.4, -0.2) is 70.9 Å². The van der Waals surface area contributed by atoms with Crippen molar-refractivity contribution in [1.82, 2.24) is 20.9 Å². The first-order valence-corrected chi connectivity index (χ1v) is 11.5. The molecule has 3 unspecified atom stereocenters. The van der Waals surface area contributed by atoms with Crippen molar-refractivity contribution in [3.63, 3.8) is 0 Å². The van der Waals surface area contributed by atoms with E-state index in [2.05, 4.69) is 20.9 Å². The number of carboxylic acids is 1. The maximum Gasteiger partial charge on any atom is 0.326 e. The van der Waals surface area contributed by atoms with Crippen molar-refractivity contribution in [2.24, 2.45) is 17.2 Å². The van der Waals surface area contributed by atoms with Gasteiger partial charge in [0.05, 0.1) is 19.0 Å². The highest BCUT2D eigenvalue weighted by Crippen LogP contribution is 2.19. The molecule has 3 atom stereocenters. The highest BCUT2D eigenvalue weighted by atomic mass is 16.4. The molecule has 0 saturated carbocycles. The Kier molecular flexibility index (Phi) is 10.8. The monoisotopic (exact) mass is 503 g/mol. The summed E-state index contributed by atoms with van der Waals surface area (Å²) in [6, 6.07) is 3.86. The maximum atomic E-state index is 12.9. The Bertz CT molecular complexity index is 1090. The fraction of sp³-hybridized carbons (Fsp3) is 0.435. The highest BCUT2D eigenvalue weighted by Gasteiger charge is 2.27. The van der Waals surface area contributed by atoms with Crippen LogP contribution in [0.5, 0.6) is 0 Å². The molecule has 1 aromatic carbocycles. The van der Waals surface area contributed by atoms with Crippen molar-refractivity contribution in [3.05, 3.63) is 36.0 Å². The number of primary amides is 1. The molecular weight excluding hydrogens is 470 g/mol. The van der Waals surface area contributed by atoms with Crippen molar-refractivity contribution < 1.29 is 29.1 Å². The fourth-order valence-electron chi connectivity index (χ4n) is 3.60. The molecule has 0 radical (unpaired) electrons. The van der Waals surface area contributed by atoms with Crippen LogP contribution in [0.2, 0.25) is 0 Å². The van der Waals surface area contributed by atoms with Crippen LogP contribution in [0, 0.1) is 0 Å². The van der Waals surface area contributed by atoms with E-state index in [1.54, 1.807) is 6.20 Å². The van der Waals surface area contributed by atoms with Crippen molar-refractivity contribution in [2.75, 3.05) is 13.1 Å². The summed E-state index contributed by atoms with van der Waals surface area (Å²) in [6.45, 7) is -0.101. The molecule has 1 heterocycles. The number of nitrogens with two attached hydrogens (primary N) is 3. The molecule has 196 valence electrons. The molecule has 0 aliphatic heterocycles. The predicted octanol–water partition coefficient (Wildman–Crippen LogP) is -1.79. The largest absolute Gasteiger partial charge is 0.480 e. The minimum absolute atomic E-state index is 0.0589. The number of hydrogen-bond donors (Lipinski definition) is 8. The summed E-state index contributed by atoms with van der Waals surface area (Å²) in [4.78, 5) is 63.3. The van der Waals surface area contributed by atoms with E-state index in [0.717, 1.165) is 16.5 Å². The van der Waals surface area contributed by atoms with Crippen LogP contribution in [0.3, 0.4) is 0 Å². The third kappa shape index (κ3) is 8.67. The number of unbranched alkanes of at least 4 members (excludes halogenated alkanes) is 1. The number of rotatable bonds is 15. The van der Waals surface area contributed by atoms with Crippen LogP contribution in [0.1, 0.15) is 31.2 Å². The van der Waals surface area contributed by atoms with E-state index >= 15 is 0 Å². The molecule has 2 rings (SSSR count). The lowest BCUT2D eigenvalue weighted by Crippen LogP contribution is -2.54. The van der Waals surface area contributed by atoms with Crippen LogP contribution in [0.25, 0.3) is 10.9 Å². The molecule has 0 fully saturated rings. The Morgan fingerprint density at radius 3 is 2.39 bits per heavy atom. The SMILES string of the molecule is NCCCCC(NC(=O)CNC(=O)C(Cc1c[nH]c2ccccc12)NC(=O)C(N)CC(N)=O)C(=O)O. The Morgan fingerprint density at radius 2 is 1.72 bits per heavy atom. The van der Waals surface area contributed by atoms with Crippen molar-refractivity contribution >= 4 is 40.5 Å². The summed E-state index contributed by atoms with van der Waals surface area (Å²) >= 11 is 0. The van der Waals surface area contributed by atoms with Gasteiger partial charge >= 0.3 is 5.97 Å². The van der Waals surface area contributed by atoms with E-state index in [1.807, 2.05) is 24.3 Å². The third-order valence-corrected chi connectivity index (χ3v) is 5.49. The van der Waals surface area contributed by atoms with E-state index < -0.39 is 60.7 Å². The molecule has 0 saturated heterocycles. The summed E-state index contributed by atoms with van der Waals surface area (Å²) in [5.74, 6) is -4.12. The smallest absolute Gasteiger partial charge is 0.326 e. The second-order valence-electron chi connectivity index (χ2n) is 8.36. The Morgan fingerprint density at radius 1 is 1.00 bits per heavy atom. The van der Waals surface area contributed by atoms with Crippen LogP contribution < -0.4 is 33.2 Å². The molecule has 13 nitrogen and oxygen atoms in total. The zero-order chi connectivity index (χ0) is 26.7. The topological polar surface area (TPSA) is 236 Å². The number of carbonyl (C=O) groups excluding carboxylic acids is 4. The van der Waals surface area contributed by atoms with E-state index in [4.69, 9.17) is 17.2 Å². The van der Waals surface area contributed by atoms with E-state index in [9.17, 15) is 29.1 Å². The van der Waals surface area contributed by atoms with Gasteiger partial charge in [-0.2, -0.15) is 0 Å². The zero-order valence-electron chi connectivity index (χ0n) is 19.8. The molecule has 4 amide bonds. The zero-order valence-corrected chi connectivity index (χ0v) is 19.8. The lowest BCUT2D eigenvalue weighted by atomic mass is 10.0. The van der Waals surface area contributed by atoms with Crippen LogP contribution in [-0.2, 0) is 30.4 Å². The number of aromatic nitrogens is 1. The minimum Gasteiger partial charge on any atom is -0.480 e. The van der Waals surface area contributed by atoms with E-state index in [0.29, 0.717) is 19.4 Å². The molecule has 1 aromatic heterocycles. The summed E-state index contributed by atoms with van der Waals surface area (Å²) in [6.07, 6.45) is 2.68. The third-order valence-electron chi connectivity index (χ3n) is 5.49. The first-order chi connectivity index (χ1) is 17.1. The molecule has 0 aliphatic carbocycles. The number of para-hydroxylation sites is 1. The van der Waals surface area contributed by atoms with Crippen molar-refractivity contribution in [3.8, 4) is 0 Å². The summed E-state index contributed by atoms with van der Waals surface area (Å²) in [7, 11) is 0. The van der Waals surface area contributed by atoms with E-state index in [1.165, 1.54) is 0 Å². The summed E-state index contributed by atoms with van der Waals surface area (Å²) < 4.78 is 0. The standard InChI is InChI=1S/C23H33N7O6/c24-8-4-3-7-17(23(35)36)29-20(32)12-28-22(34)18(30-21(33)15(25)10-19(26)31)9-13-11-27-16-6-2-1-5-14(13)16/h1-2,5-6,11,15,17-18,27H,3-4,7-10,12,24-25H2,(H2,26,31)(H,28,34)(H,29,32)(H,30,33)(H,35,36). The van der Waals surface area contributed by atoms with Gasteiger partial charge in [-0.05, 0) is 37.4 Å². The number of H-pyrrole nitrogens is 1. The van der Waals surface area contributed by atoms with Gasteiger partial charge in [0.25, 0.3) is 0 Å². The molecule has 11 N–H and O–H groups in total. The number of amides is 4. The molecule has 0 aliphatic rings. The van der Waals surface area contributed by atoms with Gasteiger partial charge in [-0.25, -0.2) is 4.79 Å². The van der Waals surface area contributed by atoms with Crippen molar-refractivity contribution in [1.29, 1.82) is 0 Å². The fourth-order valence-corrected chi connectivity index (χ4v) is 3.60. The van der Waals surface area contributed by atoms with Gasteiger partial charge in [0.2, 0.25) is 23.6 Å². The Hall–Kier alpha value is -3.97. The number of carboxylic acid groups (broad SMARTS) is 1. The van der Waals surface area contributed by atoms with Crippen LogP contribution >= 0.6 is 0 Å². The first kappa shape index (κ1) is 28.3. The number of carbonyl (C=O) groups is 5. The van der Waals surface area contributed by atoms with Gasteiger partial charge in [-0.3, -0.25) is 19.2 Å². The number of aromatic amines is 1. The first-order valence-electron chi connectivity index (χ1n) is 11.5. The number of benzene rings is 1. The predicted molar refractivity (Wildman–Crippen MR) is 131 cm³/mol. The second-order valence-corrected chi connectivity index (χ2v) is 8.36. The Labute approximate surface area is 207 Å². The normalized spacial score (nSPS) is 13.4. The van der Waals surface area contributed by atoms with Crippen LogP contribution in [0.4, 0.5) is 0 Å². The van der Waals surface area contributed by atoms with Crippen molar-refractivity contribution in [2.45, 2.75) is 50.2 Å². The maximum absolute atomic E-state index is 12.9. The van der Waals surface area contributed by atoms with Gasteiger partial charge < -0.3 is 43.2 Å². The molecule has 36 heavy (non-hydrogen) atoms. The van der Waals surface area contributed by atoms with Gasteiger partial charge in [-0.15, -0.1) is 0 Å². The van der Waals surface area contributed by atoms with Gasteiger partial charge in [-0.1, -0.05) is 18.2 Å². The lowest BCUT2D eigenvalue weighted by molar-refractivity contribution is -0.142. The number of aliphatic carboxylic acids is 1. The highest BCUT2D eigenvalue weighted by molar-refractivity contribution is 5.94. The quantitative estimate of drug-likeness (QED) is 0.129. The van der Waals surface area contributed by atoms with Gasteiger partial charge in [0.15, 0.2) is 0 Å². The van der Waals surface area contributed by atoms with Crippen LogP contribution in [0.15, 0.2) is 30.5 Å². The van der Waals surface area contributed by atoms with E-state index in [-0.39, 0.29) is 12.8 Å². The average Bonchev–Trinajstić information content (AvgIpc) is 3.23. The minimum atomic E-state index is -1.26. The van der Waals surface area contributed by atoms with Gasteiger partial charge in [0.1, 0.15) is 12.1 Å². The second kappa shape index (κ2) is 13.8.